The number of nitrogens with one attached hydrogen (secondary N) is 2. The van der Waals surface area contributed by atoms with E-state index in [-0.39, 0.29) is 38.9 Å². The largest absolute Gasteiger partial charge is 0.397 e. The number of nitriles is 2. The Balaban J connectivity index is 2.32. The molecule has 130 valence electrons. The summed E-state index contributed by atoms with van der Waals surface area (Å²) in [5, 5.41) is 23.3. The average Bonchev–Trinajstić information content (AvgIpc) is 2.58. The van der Waals surface area contributed by atoms with Gasteiger partial charge in [-0.3, -0.25) is 5.32 Å². The van der Waals surface area contributed by atoms with Crippen molar-refractivity contribution >= 4 is 39.2 Å². The van der Waals surface area contributed by atoms with E-state index in [9.17, 15) is 9.65 Å². The monoisotopic (exact) mass is 414 g/mol. The Morgan fingerprint density at radius 2 is 2.08 bits per heavy atom. The first-order valence-corrected chi connectivity index (χ1v) is 8.11. The number of anilines is 3. The van der Waals surface area contributed by atoms with E-state index in [1.807, 2.05) is 6.07 Å². The second-order valence-corrected chi connectivity index (χ2v) is 6.41. The fourth-order valence-electron chi connectivity index (χ4n) is 2.76. The molecule has 0 amide bonds. The third-order valence-corrected chi connectivity index (χ3v) is 4.43. The highest BCUT2D eigenvalue weighted by Gasteiger charge is 2.31. The van der Waals surface area contributed by atoms with E-state index in [0.717, 1.165) is 5.56 Å². The lowest BCUT2D eigenvalue weighted by Gasteiger charge is -2.26. The smallest absolute Gasteiger partial charge is 0.211 e. The summed E-state index contributed by atoms with van der Waals surface area (Å²) in [4.78, 5) is 8.46. The second kappa shape index (κ2) is 6.50. The minimum Gasteiger partial charge on any atom is -0.397 e. The first-order valence-electron chi connectivity index (χ1n) is 7.31. The van der Waals surface area contributed by atoms with E-state index in [1.54, 1.807) is 25.2 Å². The predicted molar refractivity (Wildman–Crippen MR) is 98.3 cm³/mol. The lowest BCUT2D eigenvalue weighted by atomic mass is 9.94. The number of aliphatic imine (C=N–C) groups is 1. The fourth-order valence-corrected chi connectivity index (χ4v) is 3.35. The van der Waals surface area contributed by atoms with Gasteiger partial charge < -0.3 is 16.8 Å². The number of nitrogen functional groups attached to an aromatic ring is 2. The summed E-state index contributed by atoms with van der Waals surface area (Å²) in [5.74, 6) is -0.325. The standard InChI is InChI=1S/C16H12BrFN8/c1-6-2-7(11(18)9(17)3-6)13-10-12(21)8(4-19)14(22)25-15(10)26-16(24-13)23-5-20/h2-3,13H,1H3,(H6,21,22,23,24,25,26). The first kappa shape index (κ1) is 17.5. The summed E-state index contributed by atoms with van der Waals surface area (Å²) in [5.41, 5.74) is 13.3. The number of rotatable bonds is 1. The highest BCUT2D eigenvalue weighted by atomic mass is 79.9. The summed E-state index contributed by atoms with van der Waals surface area (Å²) in [6.07, 6.45) is 1.74. The van der Waals surface area contributed by atoms with Gasteiger partial charge >= 0.3 is 0 Å². The van der Waals surface area contributed by atoms with Crippen LogP contribution in [0.25, 0.3) is 0 Å². The minimum absolute atomic E-state index is 0.00503. The van der Waals surface area contributed by atoms with Crippen LogP contribution >= 0.6 is 15.9 Å². The summed E-state index contributed by atoms with van der Waals surface area (Å²) in [6, 6.07) is 4.23. The van der Waals surface area contributed by atoms with Gasteiger partial charge in [0.05, 0.1) is 10.2 Å². The zero-order valence-electron chi connectivity index (χ0n) is 13.4. The lowest BCUT2D eigenvalue weighted by molar-refractivity contribution is 0.592. The van der Waals surface area contributed by atoms with Crippen LogP contribution in [0.4, 0.5) is 21.7 Å². The predicted octanol–water partition coefficient (Wildman–Crippen LogP) is 2.27. The summed E-state index contributed by atoms with van der Waals surface area (Å²) in [7, 11) is 0. The van der Waals surface area contributed by atoms with Gasteiger partial charge in [0.15, 0.2) is 6.19 Å². The van der Waals surface area contributed by atoms with Crippen LogP contribution in [0.5, 0.6) is 0 Å². The molecule has 0 spiro atoms. The molecule has 0 saturated heterocycles. The number of hydrogen-bond donors (Lipinski definition) is 4. The molecule has 10 heteroatoms. The second-order valence-electron chi connectivity index (χ2n) is 5.55. The number of fused-ring (bicyclic) bond motifs is 1. The molecule has 0 aliphatic carbocycles. The number of halogens is 2. The van der Waals surface area contributed by atoms with Gasteiger partial charge in [0.25, 0.3) is 0 Å². The fraction of sp³-hybridized carbons (Fsp3) is 0.125. The van der Waals surface area contributed by atoms with E-state index < -0.39 is 11.9 Å². The van der Waals surface area contributed by atoms with Crippen LogP contribution in [-0.2, 0) is 0 Å². The maximum atomic E-state index is 14.8. The molecule has 26 heavy (non-hydrogen) atoms. The number of nitrogens with two attached hydrogens (primary N) is 2. The summed E-state index contributed by atoms with van der Waals surface area (Å²) >= 11 is 3.18. The van der Waals surface area contributed by atoms with Gasteiger partial charge in [-0.2, -0.15) is 10.5 Å². The van der Waals surface area contributed by atoms with Crippen molar-refractivity contribution in [2.45, 2.75) is 13.0 Å². The molecule has 1 aliphatic rings. The van der Waals surface area contributed by atoms with Gasteiger partial charge in [0.2, 0.25) is 5.96 Å². The van der Waals surface area contributed by atoms with Gasteiger partial charge in [-0.05, 0) is 34.5 Å². The molecule has 8 nitrogen and oxygen atoms in total. The van der Waals surface area contributed by atoms with Crippen molar-refractivity contribution in [3.8, 4) is 12.3 Å². The molecule has 0 bridgehead atoms. The van der Waals surface area contributed by atoms with E-state index in [4.69, 9.17) is 16.7 Å². The molecule has 2 aromatic rings. The molecule has 1 aromatic heterocycles. The van der Waals surface area contributed by atoms with Crippen LogP contribution in [0.2, 0.25) is 0 Å². The number of aromatic nitrogens is 1. The summed E-state index contributed by atoms with van der Waals surface area (Å²) in [6.45, 7) is 1.80. The summed E-state index contributed by atoms with van der Waals surface area (Å²) < 4.78 is 15.1. The Hall–Kier alpha value is -3.37. The molecule has 0 saturated carbocycles. The van der Waals surface area contributed by atoms with Gasteiger partial charge in [-0.1, -0.05) is 6.07 Å². The zero-order valence-corrected chi connectivity index (χ0v) is 15.0. The van der Waals surface area contributed by atoms with Gasteiger partial charge in [0, 0.05) is 11.1 Å². The Morgan fingerprint density at radius 3 is 2.73 bits per heavy atom. The molecular formula is C16H12BrFN8. The molecular weight excluding hydrogens is 403 g/mol. The van der Waals surface area contributed by atoms with Crippen LogP contribution < -0.4 is 22.1 Å². The Morgan fingerprint density at radius 1 is 1.35 bits per heavy atom. The third-order valence-electron chi connectivity index (χ3n) is 3.85. The molecule has 3 rings (SSSR count). The Kier molecular flexibility index (Phi) is 4.36. The van der Waals surface area contributed by atoms with Crippen molar-refractivity contribution < 1.29 is 4.39 Å². The number of guanidine groups is 1. The molecule has 2 heterocycles. The number of nitrogens with zero attached hydrogens (tertiary/aromatic N) is 4. The van der Waals surface area contributed by atoms with E-state index in [1.165, 1.54) is 0 Å². The van der Waals surface area contributed by atoms with Gasteiger partial charge in [-0.25, -0.2) is 14.4 Å². The third kappa shape index (κ3) is 2.76. The minimum atomic E-state index is -0.918. The first-order chi connectivity index (χ1) is 12.4. The van der Waals surface area contributed by atoms with Crippen molar-refractivity contribution in [2.75, 3.05) is 16.8 Å². The Labute approximate surface area is 156 Å². The van der Waals surface area contributed by atoms with Crippen LogP contribution in [0.15, 0.2) is 21.6 Å². The molecule has 6 N–H and O–H groups in total. The Bertz CT molecular complexity index is 1030. The number of hydrogen-bond acceptors (Lipinski definition) is 8. The maximum absolute atomic E-state index is 14.8. The van der Waals surface area contributed by atoms with Gasteiger partial charge in [-0.15, -0.1) is 0 Å². The van der Waals surface area contributed by atoms with Crippen LogP contribution in [0, 0.1) is 35.5 Å². The molecule has 0 fully saturated rings. The van der Waals surface area contributed by atoms with E-state index >= 15 is 0 Å². The van der Waals surface area contributed by atoms with E-state index in [2.05, 4.69) is 36.5 Å². The maximum Gasteiger partial charge on any atom is 0.211 e. The number of benzene rings is 1. The van der Waals surface area contributed by atoms with Crippen molar-refractivity contribution in [3.63, 3.8) is 0 Å². The van der Waals surface area contributed by atoms with Crippen LogP contribution in [0.3, 0.4) is 0 Å². The van der Waals surface area contributed by atoms with Crippen molar-refractivity contribution in [2.24, 2.45) is 4.99 Å². The van der Waals surface area contributed by atoms with E-state index in [0.29, 0.717) is 5.56 Å². The van der Waals surface area contributed by atoms with Crippen LogP contribution in [-0.4, -0.2) is 10.9 Å². The molecule has 1 unspecified atom stereocenters. The van der Waals surface area contributed by atoms with Crippen molar-refractivity contribution in [1.29, 1.82) is 10.5 Å². The van der Waals surface area contributed by atoms with Crippen molar-refractivity contribution in [3.05, 3.63) is 44.7 Å². The molecule has 1 atom stereocenters. The zero-order chi connectivity index (χ0) is 19.0. The van der Waals surface area contributed by atoms with Crippen LogP contribution in [0.1, 0.15) is 28.3 Å². The topological polar surface area (TPSA) is 149 Å². The average molecular weight is 415 g/mol. The number of aryl methyl sites for hydroxylation is 1. The molecule has 0 radical (unpaired) electrons. The highest BCUT2D eigenvalue weighted by molar-refractivity contribution is 9.10. The SMILES string of the molecule is Cc1cc(Br)c(F)c(C2N=C(NC#N)Nc3nc(N)c(C#N)c(N)c32)c1. The normalized spacial score (nSPS) is 15.1. The highest BCUT2D eigenvalue weighted by Crippen LogP contribution is 2.42. The molecule has 1 aromatic carbocycles. The van der Waals surface area contributed by atoms with Gasteiger partial charge in [0.1, 0.15) is 35.1 Å². The molecule has 1 aliphatic heterocycles. The lowest BCUT2D eigenvalue weighted by Crippen LogP contribution is -2.33. The quantitative estimate of drug-likeness (QED) is 0.412. The number of pyridine rings is 1. The van der Waals surface area contributed by atoms with Crippen molar-refractivity contribution in [1.82, 2.24) is 10.3 Å².